The van der Waals surface area contributed by atoms with Gasteiger partial charge in [0.2, 0.25) is 0 Å². The number of hydrogen-bond donors (Lipinski definition) is 0. The summed E-state index contributed by atoms with van der Waals surface area (Å²) in [5.41, 5.74) is 2.00. The zero-order chi connectivity index (χ0) is 13.2. The SMILES string of the molecule is Cc1nc2ccccc2n1CCCC(C)(C)C#N. The Balaban J connectivity index is 2.13. The van der Waals surface area contributed by atoms with E-state index in [9.17, 15) is 0 Å². The smallest absolute Gasteiger partial charge is 0.106 e. The number of nitrogens with zero attached hydrogens (tertiary/aromatic N) is 3. The second-order valence-corrected chi connectivity index (χ2v) is 5.40. The molecule has 1 aromatic carbocycles. The first-order valence-corrected chi connectivity index (χ1v) is 6.37. The molecule has 0 saturated carbocycles. The largest absolute Gasteiger partial charge is 0.328 e. The highest BCUT2D eigenvalue weighted by Gasteiger charge is 2.16. The fourth-order valence-electron chi connectivity index (χ4n) is 2.21. The summed E-state index contributed by atoms with van der Waals surface area (Å²) in [6, 6.07) is 10.5. The Labute approximate surface area is 108 Å². The van der Waals surface area contributed by atoms with Crippen LogP contribution in [0.25, 0.3) is 11.0 Å². The van der Waals surface area contributed by atoms with E-state index in [1.54, 1.807) is 0 Å². The van der Waals surface area contributed by atoms with Gasteiger partial charge in [0.1, 0.15) is 5.82 Å². The Morgan fingerprint density at radius 2 is 2.06 bits per heavy atom. The third-order valence-corrected chi connectivity index (χ3v) is 3.33. The van der Waals surface area contributed by atoms with Gasteiger partial charge in [-0.05, 0) is 45.7 Å². The minimum atomic E-state index is -0.232. The fraction of sp³-hybridized carbons (Fsp3) is 0.467. The zero-order valence-electron chi connectivity index (χ0n) is 11.3. The van der Waals surface area contributed by atoms with Crippen molar-refractivity contribution in [1.82, 2.24) is 9.55 Å². The average molecular weight is 241 g/mol. The van der Waals surface area contributed by atoms with Gasteiger partial charge >= 0.3 is 0 Å². The topological polar surface area (TPSA) is 41.6 Å². The number of fused-ring (bicyclic) bond motifs is 1. The molecule has 0 bridgehead atoms. The molecule has 0 spiro atoms. The zero-order valence-corrected chi connectivity index (χ0v) is 11.3. The lowest BCUT2D eigenvalue weighted by atomic mass is 9.90. The summed E-state index contributed by atoms with van der Waals surface area (Å²) in [6.07, 6.45) is 1.91. The third-order valence-electron chi connectivity index (χ3n) is 3.33. The monoisotopic (exact) mass is 241 g/mol. The molecule has 0 N–H and O–H groups in total. The van der Waals surface area contributed by atoms with E-state index >= 15 is 0 Å². The molecule has 2 rings (SSSR count). The molecule has 1 heterocycles. The van der Waals surface area contributed by atoms with Crippen LogP contribution in [0.15, 0.2) is 24.3 Å². The Hall–Kier alpha value is -1.82. The van der Waals surface area contributed by atoms with Gasteiger partial charge in [0.05, 0.1) is 22.5 Å². The molecule has 0 aliphatic carbocycles. The Morgan fingerprint density at radius 3 is 2.78 bits per heavy atom. The number of aryl methyl sites for hydroxylation is 2. The van der Waals surface area contributed by atoms with E-state index < -0.39 is 0 Å². The lowest BCUT2D eigenvalue weighted by Crippen LogP contribution is -2.10. The molecule has 0 aliphatic heterocycles. The molecule has 3 nitrogen and oxygen atoms in total. The number of rotatable bonds is 4. The van der Waals surface area contributed by atoms with Crippen LogP contribution in [0.1, 0.15) is 32.5 Å². The predicted octanol–water partition coefficient (Wildman–Crippen LogP) is 3.67. The summed E-state index contributed by atoms with van der Waals surface area (Å²) in [4.78, 5) is 4.55. The van der Waals surface area contributed by atoms with Crippen molar-refractivity contribution in [2.24, 2.45) is 5.41 Å². The molecule has 3 heteroatoms. The van der Waals surface area contributed by atoms with Crippen molar-refractivity contribution in [3.8, 4) is 6.07 Å². The van der Waals surface area contributed by atoms with Gasteiger partial charge in [-0.1, -0.05) is 12.1 Å². The van der Waals surface area contributed by atoms with Gasteiger partial charge in [-0.2, -0.15) is 5.26 Å². The highest BCUT2D eigenvalue weighted by atomic mass is 15.1. The second-order valence-electron chi connectivity index (χ2n) is 5.40. The Morgan fingerprint density at radius 1 is 1.33 bits per heavy atom. The van der Waals surface area contributed by atoms with Crippen LogP contribution in [0.4, 0.5) is 0 Å². The normalized spacial score (nSPS) is 11.7. The molecular formula is C15H19N3. The van der Waals surface area contributed by atoms with E-state index in [0.717, 1.165) is 30.7 Å². The van der Waals surface area contributed by atoms with E-state index in [2.05, 4.69) is 21.7 Å². The van der Waals surface area contributed by atoms with Gasteiger partial charge in [-0.3, -0.25) is 0 Å². The number of aromatic nitrogens is 2. The molecule has 0 radical (unpaired) electrons. The average Bonchev–Trinajstić information content (AvgIpc) is 2.66. The van der Waals surface area contributed by atoms with Gasteiger partial charge in [-0.25, -0.2) is 4.98 Å². The number of para-hydroxylation sites is 2. The van der Waals surface area contributed by atoms with E-state index in [1.165, 1.54) is 5.52 Å². The minimum absolute atomic E-state index is 0.232. The molecule has 0 aliphatic rings. The van der Waals surface area contributed by atoms with Crippen LogP contribution in [0.2, 0.25) is 0 Å². The van der Waals surface area contributed by atoms with Crippen molar-refractivity contribution >= 4 is 11.0 Å². The highest BCUT2D eigenvalue weighted by molar-refractivity contribution is 5.75. The van der Waals surface area contributed by atoms with E-state index in [-0.39, 0.29) is 5.41 Å². The van der Waals surface area contributed by atoms with Crippen LogP contribution >= 0.6 is 0 Å². The Bertz CT molecular complexity index is 587. The molecule has 18 heavy (non-hydrogen) atoms. The van der Waals surface area contributed by atoms with Crippen molar-refractivity contribution < 1.29 is 0 Å². The van der Waals surface area contributed by atoms with Crippen LogP contribution in [-0.2, 0) is 6.54 Å². The predicted molar refractivity (Wildman–Crippen MR) is 73.1 cm³/mol. The van der Waals surface area contributed by atoms with Crippen molar-refractivity contribution in [3.63, 3.8) is 0 Å². The maximum absolute atomic E-state index is 9.01. The molecule has 0 unspecified atom stereocenters. The van der Waals surface area contributed by atoms with Crippen molar-refractivity contribution in [1.29, 1.82) is 5.26 Å². The fourth-order valence-corrected chi connectivity index (χ4v) is 2.21. The first-order valence-electron chi connectivity index (χ1n) is 6.37. The lowest BCUT2D eigenvalue weighted by molar-refractivity contribution is 0.416. The van der Waals surface area contributed by atoms with E-state index in [0.29, 0.717) is 0 Å². The number of nitriles is 1. The molecule has 0 amide bonds. The molecular weight excluding hydrogens is 222 g/mol. The van der Waals surface area contributed by atoms with E-state index in [1.807, 2.05) is 39.0 Å². The first-order chi connectivity index (χ1) is 8.53. The van der Waals surface area contributed by atoms with Crippen molar-refractivity contribution in [2.75, 3.05) is 0 Å². The summed E-state index contributed by atoms with van der Waals surface area (Å²) in [5, 5.41) is 9.01. The van der Waals surface area contributed by atoms with Crippen molar-refractivity contribution in [3.05, 3.63) is 30.1 Å². The summed E-state index contributed by atoms with van der Waals surface area (Å²) in [5.74, 6) is 1.05. The summed E-state index contributed by atoms with van der Waals surface area (Å²) in [7, 11) is 0. The summed E-state index contributed by atoms with van der Waals surface area (Å²) < 4.78 is 2.24. The van der Waals surface area contributed by atoms with Crippen LogP contribution in [0.5, 0.6) is 0 Å². The summed E-state index contributed by atoms with van der Waals surface area (Å²) >= 11 is 0. The quantitative estimate of drug-likeness (QED) is 0.819. The maximum atomic E-state index is 9.01. The van der Waals surface area contributed by atoms with Crippen LogP contribution in [0.3, 0.4) is 0 Å². The highest BCUT2D eigenvalue weighted by Crippen LogP contribution is 2.22. The van der Waals surface area contributed by atoms with Crippen molar-refractivity contribution in [2.45, 2.75) is 40.2 Å². The molecule has 0 saturated heterocycles. The molecule has 94 valence electrons. The number of benzene rings is 1. The number of imidazole rings is 1. The molecule has 0 atom stereocenters. The van der Waals surface area contributed by atoms with Gasteiger partial charge in [0.25, 0.3) is 0 Å². The van der Waals surface area contributed by atoms with Gasteiger partial charge in [0, 0.05) is 6.54 Å². The third kappa shape index (κ3) is 2.53. The second kappa shape index (κ2) is 4.81. The van der Waals surface area contributed by atoms with Gasteiger partial charge < -0.3 is 4.57 Å². The van der Waals surface area contributed by atoms with Gasteiger partial charge in [0.15, 0.2) is 0 Å². The maximum Gasteiger partial charge on any atom is 0.106 e. The van der Waals surface area contributed by atoms with Gasteiger partial charge in [-0.15, -0.1) is 0 Å². The molecule has 2 aromatic rings. The standard InChI is InChI=1S/C15H19N3/c1-12-17-13-7-4-5-8-14(13)18(12)10-6-9-15(2,3)11-16/h4-5,7-8H,6,9-10H2,1-3H3. The lowest BCUT2D eigenvalue weighted by Gasteiger charge is -2.15. The van der Waals surface area contributed by atoms with Crippen LogP contribution in [0, 0.1) is 23.7 Å². The first kappa shape index (κ1) is 12.6. The number of hydrogen-bond acceptors (Lipinski definition) is 2. The Kier molecular flexibility index (Phi) is 3.38. The summed E-state index contributed by atoms with van der Waals surface area (Å²) in [6.45, 7) is 6.95. The molecule has 0 fully saturated rings. The van der Waals surface area contributed by atoms with Crippen LogP contribution < -0.4 is 0 Å². The minimum Gasteiger partial charge on any atom is -0.328 e. The molecule has 1 aromatic heterocycles. The van der Waals surface area contributed by atoms with Crippen LogP contribution in [-0.4, -0.2) is 9.55 Å². The van der Waals surface area contributed by atoms with E-state index in [4.69, 9.17) is 5.26 Å².